The Hall–Kier alpha value is -0.460. The molecule has 0 radical (unpaired) electrons. The average molecular weight is 179 g/mol. The number of likely N-dealkylation sites (tertiary alicyclic amines) is 1. The maximum Gasteiger partial charge on any atom is 0.0286 e. The minimum Gasteiger partial charge on any atom is -0.372 e. The second-order valence-electron chi connectivity index (χ2n) is 4.37. The lowest BCUT2D eigenvalue weighted by Gasteiger charge is -2.33. The van der Waals surface area contributed by atoms with Crippen LogP contribution in [0.25, 0.3) is 0 Å². The highest BCUT2D eigenvalue weighted by Crippen LogP contribution is 2.30. The fourth-order valence-corrected chi connectivity index (χ4v) is 2.84. The number of allylic oxidation sites excluding steroid dienone is 2. The van der Waals surface area contributed by atoms with Crippen LogP contribution in [0.4, 0.5) is 0 Å². The lowest BCUT2D eigenvalue weighted by atomic mass is 9.94. The van der Waals surface area contributed by atoms with Crippen molar-refractivity contribution in [3.63, 3.8) is 0 Å². The van der Waals surface area contributed by atoms with E-state index < -0.39 is 0 Å². The maximum absolute atomic E-state index is 2.68. The van der Waals surface area contributed by atoms with E-state index in [1.165, 1.54) is 51.5 Å². The minimum atomic E-state index is 0.891. The molecule has 2 fully saturated rings. The van der Waals surface area contributed by atoms with Crippen LogP contribution in [0.2, 0.25) is 0 Å². The standard InChI is InChI=1S/C12H21N/c1-2-11-9-6-10-13(11)12-7-4-3-5-8-12/h2,12H,3-10H2,1H3/b11-2+. The van der Waals surface area contributed by atoms with Gasteiger partial charge in [-0.1, -0.05) is 25.3 Å². The third kappa shape index (κ3) is 1.90. The van der Waals surface area contributed by atoms with E-state index in [0.29, 0.717) is 0 Å². The third-order valence-electron chi connectivity index (χ3n) is 3.55. The molecular formula is C12H21N. The maximum atomic E-state index is 2.68. The van der Waals surface area contributed by atoms with E-state index in [2.05, 4.69) is 17.9 Å². The van der Waals surface area contributed by atoms with Gasteiger partial charge in [-0.15, -0.1) is 0 Å². The van der Waals surface area contributed by atoms with Crippen LogP contribution in [0.1, 0.15) is 51.9 Å². The highest BCUT2D eigenvalue weighted by Gasteiger charge is 2.25. The quantitative estimate of drug-likeness (QED) is 0.597. The first-order valence-corrected chi connectivity index (χ1v) is 5.83. The first kappa shape index (κ1) is 9.11. The lowest BCUT2D eigenvalue weighted by molar-refractivity contribution is 0.223. The third-order valence-corrected chi connectivity index (χ3v) is 3.55. The molecule has 1 heteroatoms. The Balaban J connectivity index is 1.98. The molecule has 0 bridgehead atoms. The van der Waals surface area contributed by atoms with Gasteiger partial charge in [0.15, 0.2) is 0 Å². The summed E-state index contributed by atoms with van der Waals surface area (Å²) in [5, 5.41) is 0. The largest absolute Gasteiger partial charge is 0.372 e. The summed E-state index contributed by atoms with van der Waals surface area (Å²) in [5.74, 6) is 0. The molecule has 0 amide bonds. The molecule has 0 unspecified atom stereocenters. The van der Waals surface area contributed by atoms with Crippen LogP contribution in [0.5, 0.6) is 0 Å². The Morgan fingerprint density at radius 1 is 1.15 bits per heavy atom. The SMILES string of the molecule is C/C=C1\CCCN1C1CCCCC1. The predicted octanol–water partition coefficient (Wildman–Crippen LogP) is 3.32. The van der Waals surface area contributed by atoms with E-state index in [9.17, 15) is 0 Å². The van der Waals surface area contributed by atoms with Crippen molar-refractivity contribution in [3.05, 3.63) is 11.8 Å². The van der Waals surface area contributed by atoms with E-state index in [1.54, 1.807) is 5.70 Å². The molecule has 1 aliphatic heterocycles. The monoisotopic (exact) mass is 179 g/mol. The zero-order chi connectivity index (χ0) is 9.10. The summed E-state index contributed by atoms with van der Waals surface area (Å²) in [6.45, 7) is 3.51. The van der Waals surface area contributed by atoms with Gasteiger partial charge in [0, 0.05) is 18.3 Å². The normalized spacial score (nSPS) is 28.7. The van der Waals surface area contributed by atoms with Gasteiger partial charge in [0.2, 0.25) is 0 Å². The van der Waals surface area contributed by atoms with Crippen LogP contribution in [-0.2, 0) is 0 Å². The van der Waals surface area contributed by atoms with Gasteiger partial charge in [-0.3, -0.25) is 0 Å². The van der Waals surface area contributed by atoms with Crippen molar-refractivity contribution < 1.29 is 0 Å². The average Bonchev–Trinajstić information content (AvgIpc) is 2.67. The Morgan fingerprint density at radius 2 is 1.92 bits per heavy atom. The predicted molar refractivity (Wildman–Crippen MR) is 56.6 cm³/mol. The molecule has 0 aromatic heterocycles. The molecule has 0 N–H and O–H groups in total. The fraction of sp³-hybridized carbons (Fsp3) is 0.833. The zero-order valence-electron chi connectivity index (χ0n) is 8.76. The summed E-state index contributed by atoms with van der Waals surface area (Å²) in [4.78, 5) is 2.68. The number of nitrogens with zero attached hydrogens (tertiary/aromatic N) is 1. The Morgan fingerprint density at radius 3 is 2.62 bits per heavy atom. The molecule has 0 spiro atoms. The minimum absolute atomic E-state index is 0.891. The van der Waals surface area contributed by atoms with Crippen LogP contribution in [0, 0.1) is 0 Å². The van der Waals surface area contributed by atoms with E-state index >= 15 is 0 Å². The summed E-state index contributed by atoms with van der Waals surface area (Å²) >= 11 is 0. The van der Waals surface area contributed by atoms with Crippen LogP contribution in [0.15, 0.2) is 11.8 Å². The highest BCUT2D eigenvalue weighted by molar-refractivity contribution is 5.06. The van der Waals surface area contributed by atoms with E-state index in [4.69, 9.17) is 0 Å². The highest BCUT2D eigenvalue weighted by atomic mass is 15.2. The topological polar surface area (TPSA) is 3.24 Å². The van der Waals surface area contributed by atoms with Crippen LogP contribution >= 0.6 is 0 Å². The summed E-state index contributed by atoms with van der Waals surface area (Å²) in [7, 11) is 0. The lowest BCUT2D eigenvalue weighted by Crippen LogP contribution is -2.33. The molecule has 13 heavy (non-hydrogen) atoms. The molecule has 1 saturated heterocycles. The van der Waals surface area contributed by atoms with Gasteiger partial charge in [0.25, 0.3) is 0 Å². The second-order valence-corrected chi connectivity index (χ2v) is 4.37. The van der Waals surface area contributed by atoms with Gasteiger partial charge in [-0.05, 0) is 32.6 Å². The van der Waals surface area contributed by atoms with Crippen molar-refractivity contribution in [1.82, 2.24) is 4.90 Å². The summed E-state index contributed by atoms with van der Waals surface area (Å²) < 4.78 is 0. The van der Waals surface area contributed by atoms with E-state index in [1.807, 2.05) is 0 Å². The van der Waals surface area contributed by atoms with Crippen molar-refractivity contribution in [2.24, 2.45) is 0 Å². The van der Waals surface area contributed by atoms with Crippen molar-refractivity contribution >= 4 is 0 Å². The van der Waals surface area contributed by atoms with Crippen molar-refractivity contribution in [3.8, 4) is 0 Å². The molecule has 1 nitrogen and oxygen atoms in total. The molecule has 0 aromatic carbocycles. The summed E-state index contributed by atoms with van der Waals surface area (Å²) in [6, 6.07) is 0.891. The molecule has 1 heterocycles. The summed E-state index contributed by atoms with van der Waals surface area (Å²) in [6.07, 6.45) is 12.3. The Kier molecular flexibility index (Phi) is 2.92. The smallest absolute Gasteiger partial charge is 0.0286 e. The van der Waals surface area contributed by atoms with Gasteiger partial charge in [-0.2, -0.15) is 0 Å². The number of hydrogen-bond acceptors (Lipinski definition) is 1. The van der Waals surface area contributed by atoms with Crippen LogP contribution < -0.4 is 0 Å². The molecule has 2 rings (SSSR count). The van der Waals surface area contributed by atoms with Crippen molar-refractivity contribution in [1.29, 1.82) is 0 Å². The van der Waals surface area contributed by atoms with Crippen LogP contribution in [0.3, 0.4) is 0 Å². The van der Waals surface area contributed by atoms with E-state index in [0.717, 1.165) is 6.04 Å². The van der Waals surface area contributed by atoms with Gasteiger partial charge >= 0.3 is 0 Å². The molecule has 0 atom stereocenters. The molecule has 2 aliphatic rings. The first-order chi connectivity index (χ1) is 6.42. The van der Waals surface area contributed by atoms with Gasteiger partial charge < -0.3 is 4.90 Å². The first-order valence-electron chi connectivity index (χ1n) is 5.83. The Labute approximate surface area is 81.8 Å². The van der Waals surface area contributed by atoms with Crippen molar-refractivity contribution in [2.45, 2.75) is 57.9 Å². The summed E-state index contributed by atoms with van der Waals surface area (Å²) in [5.41, 5.74) is 1.62. The Bertz CT molecular complexity index is 189. The van der Waals surface area contributed by atoms with Crippen LogP contribution in [-0.4, -0.2) is 17.5 Å². The number of rotatable bonds is 1. The van der Waals surface area contributed by atoms with Gasteiger partial charge in [-0.25, -0.2) is 0 Å². The van der Waals surface area contributed by atoms with Gasteiger partial charge in [0.05, 0.1) is 0 Å². The zero-order valence-corrected chi connectivity index (χ0v) is 8.76. The second kappa shape index (κ2) is 4.17. The fourth-order valence-electron chi connectivity index (χ4n) is 2.84. The van der Waals surface area contributed by atoms with E-state index in [-0.39, 0.29) is 0 Å². The van der Waals surface area contributed by atoms with Crippen molar-refractivity contribution in [2.75, 3.05) is 6.54 Å². The molecule has 1 saturated carbocycles. The number of hydrogen-bond donors (Lipinski definition) is 0. The molecule has 74 valence electrons. The molecule has 0 aromatic rings. The molecule has 1 aliphatic carbocycles. The molecular weight excluding hydrogens is 158 g/mol. The van der Waals surface area contributed by atoms with Gasteiger partial charge in [0.1, 0.15) is 0 Å².